The largest absolute Gasteiger partial charge is 0.0683 e. The molecule has 26 heavy (non-hydrogen) atoms. The monoisotopic (exact) mass is 370 g/mol. The van der Waals surface area contributed by atoms with E-state index >= 15 is 0 Å². The molecule has 0 rings (SSSR count). The van der Waals surface area contributed by atoms with E-state index in [1.54, 1.807) is 0 Å². The first-order chi connectivity index (χ1) is 12.5. The van der Waals surface area contributed by atoms with E-state index < -0.39 is 0 Å². The SMILES string of the molecule is CC.CC.CCCCCC(CC)C(CCCC(C)C(C)C)C(C)CCC. The fourth-order valence-electron chi connectivity index (χ4n) is 4.04. The molecule has 162 valence electrons. The van der Waals surface area contributed by atoms with Gasteiger partial charge >= 0.3 is 0 Å². The van der Waals surface area contributed by atoms with Crippen LogP contribution in [0.2, 0.25) is 0 Å². The second-order valence-corrected chi connectivity index (χ2v) is 8.25. The standard InChI is InChI=1S/C22H46.2C2H6/c1-8-11-12-16-21(10-3)22(20(7)14-9-2)17-13-15-19(6)18(4)5;2*1-2/h18-22H,8-17H2,1-7H3;2*1-2H3. The van der Waals surface area contributed by atoms with Crippen molar-refractivity contribution in [3.8, 4) is 0 Å². The van der Waals surface area contributed by atoms with E-state index in [9.17, 15) is 0 Å². The predicted octanol–water partition coefficient (Wildman–Crippen LogP) is 10.2. The van der Waals surface area contributed by atoms with E-state index in [0.29, 0.717) is 0 Å². The van der Waals surface area contributed by atoms with Crippen LogP contribution in [0.15, 0.2) is 0 Å². The molecule has 0 aromatic heterocycles. The molecule has 0 spiro atoms. The third-order valence-corrected chi connectivity index (χ3v) is 6.12. The third kappa shape index (κ3) is 16.2. The lowest BCUT2D eigenvalue weighted by Crippen LogP contribution is -2.22. The van der Waals surface area contributed by atoms with Crippen LogP contribution >= 0.6 is 0 Å². The second-order valence-electron chi connectivity index (χ2n) is 8.25. The highest BCUT2D eigenvalue weighted by molar-refractivity contribution is 4.75. The van der Waals surface area contributed by atoms with Crippen LogP contribution < -0.4 is 0 Å². The molecule has 0 saturated heterocycles. The summed E-state index contributed by atoms with van der Waals surface area (Å²) in [6.45, 7) is 24.8. The molecule has 0 fully saturated rings. The molecule has 4 unspecified atom stereocenters. The minimum Gasteiger partial charge on any atom is -0.0683 e. The summed E-state index contributed by atoms with van der Waals surface area (Å²) >= 11 is 0. The molecule has 0 aromatic rings. The molecule has 0 aliphatic carbocycles. The van der Waals surface area contributed by atoms with E-state index in [2.05, 4.69) is 48.5 Å². The van der Waals surface area contributed by atoms with Gasteiger partial charge in [0.05, 0.1) is 0 Å². The molecule has 0 amide bonds. The first kappa shape index (κ1) is 30.7. The Morgan fingerprint density at radius 1 is 0.538 bits per heavy atom. The Bertz CT molecular complexity index is 230. The number of hydrogen-bond acceptors (Lipinski definition) is 0. The van der Waals surface area contributed by atoms with Crippen molar-refractivity contribution in [2.75, 3.05) is 0 Å². The van der Waals surface area contributed by atoms with Gasteiger partial charge in [0, 0.05) is 0 Å². The first-order valence-electron chi connectivity index (χ1n) is 12.5. The van der Waals surface area contributed by atoms with Gasteiger partial charge in [0.2, 0.25) is 0 Å². The minimum atomic E-state index is 0.845. The van der Waals surface area contributed by atoms with Crippen molar-refractivity contribution in [1.82, 2.24) is 0 Å². The van der Waals surface area contributed by atoms with Crippen molar-refractivity contribution < 1.29 is 0 Å². The van der Waals surface area contributed by atoms with E-state index in [0.717, 1.165) is 29.6 Å². The van der Waals surface area contributed by atoms with Crippen LogP contribution in [-0.2, 0) is 0 Å². The molecule has 0 heteroatoms. The molecular weight excluding hydrogens is 312 g/mol. The molecular formula is C26H58. The van der Waals surface area contributed by atoms with Gasteiger partial charge in [-0.3, -0.25) is 0 Å². The van der Waals surface area contributed by atoms with Crippen molar-refractivity contribution in [3.63, 3.8) is 0 Å². The lowest BCUT2D eigenvalue weighted by Gasteiger charge is -2.32. The highest BCUT2D eigenvalue weighted by Crippen LogP contribution is 2.35. The maximum atomic E-state index is 2.53. The quantitative estimate of drug-likeness (QED) is 0.267. The minimum absolute atomic E-state index is 0.845. The van der Waals surface area contributed by atoms with Gasteiger partial charge in [-0.1, -0.05) is 134 Å². The average Bonchev–Trinajstić information content (AvgIpc) is 2.66. The van der Waals surface area contributed by atoms with E-state index in [4.69, 9.17) is 0 Å². The second kappa shape index (κ2) is 23.0. The number of hydrogen-bond donors (Lipinski definition) is 0. The first-order valence-corrected chi connectivity index (χ1v) is 12.5. The zero-order chi connectivity index (χ0) is 21.0. The van der Waals surface area contributed by atoms with Crippen LogP contribution in [0.3, 0.4) is 0 Å². The molecule has 0 heterocycles. The van der Waals surface area contributed by atoms with Crippen LogP contribution in [0.5, 0.6) is 0 Å². The van der Waals surface area contributed by atoms with Gasteiger partial charge in [-0.2, -0.15) is 0 Å². The van der Waals surface area contributed by atoms with Crippen molar-refractivity contribution >= 4 is 0 Å². The lowest BCUT2D eigenvalue weighted by atomic mass is 9.73. The Balaban J connectivity index is -0.00000123. The van der Waals surface area contributed by atoms with Gasteiger partial charge in [0.25, 0.3) is 0 Å². The van der Waals surface area contributed by atoms with E-state index in [-0.39, 0.29) is 0 Å². The summed E-state index contributed by atoms with van der Waals surface area (Å²) in [4.78, 5) is 0. The molecule has 0 aromatic carbocycles. The Hall–Kier alpha value is 0. The molecule has 0 saturated carbocycles. The highest BCUT2D eigenvalue weighted by atomic mass is 14.3. The number of rotatable bonds is 14. The number of unbranched alkanes of at least 4 members (excludes halogenated alkanes) is 2. The molecule has 0 aliphatic heterocycles. The fourth-order valence-corrected chi connectivity index (χ4v) is 4.04. The van der Waals surface area contributed by atoms with Crippen molar-refractivity contribution in [1.29, 1.82) is 0 Å². The normalized spacial score (nSPS) is 15.2. The summed E-state index contributed by atoms with van der Waals surface area (Å²) in [5.74, 6) is 4.61. The summed E-state index contributed by atoms with van der Waals surface area (Å²) in [5.41, 5.74) is 0. The van der Waals surface area contributed by atoms with Gasteiger partial charge < -0.3 is 0 Å². The van der Waals surface area contributed by atoms with Crippen LogP contribution in [0.25, 0.3) is 0 Å². The summed E-state index contributed by atoms with van der Waals surface area (Å²) in [7, 11) is 0. The Labute approximate surface area is 170 Å². The summed E-state index contributed by atoms with van der Waals surface area (Å²) in [6, 6.07) is 0. The van der Waals surface area contributed by atoms with Gasteiger partial charge in [0.1, 0.15) is 0 Å². The summed E-state index contributed by atoms with van der Waals surface area (Å²) in [5, 5.41) is 0. The van der Waals surface area contributed by atoms with Crippen LogP contribution in [0.4, 0.5) is 0 Å². The highest BCUT2D eigenvalue weighted by Gasteiger charge is 2.24. The maximum absolute atomic E-state index is 2.53. The summed E-state index contributed by atoms with van der Waals surface area (Å²) in [6.07, 6.45) is 14.2. The van der Waals surface area contributed by atoms with Gasteiger partial charge in [-0.05, 0) is 36.0 Å². The molecule has 0 N–H and O–H groups in total. The molecule has 0 nitrogen and oxygen atoms in total. The summed E-state index contributed by atoms with van der Waals surface area (Å²) < 4.78 is 0. The van der Waals surface area contributed by atoms with Gasteiger partial charge in [-0.25, -0.2) is 0 Å². The Morgan fingerprint density at radius 2 is 1.12 bits per heavy atom. The zero-order valence-electron chi connectivity index (χ0n) is 21.0. The Kier molecular flexibility index (Phi) is 27.2. The van der Waals surface area contributed by atoms with Crippen LogP contribution in [0, 0.1) is 29.6 Å². The smallest absolute Gasteiger partial charge is 0.0360 e. The topological polar surface area (TPSA) is 0 Å². The molecule has 4 atom stereocenters. The van der Waals surface area contributed by atoms with Crippen LogP contribution in [-0.4, -0.2) is 0 Å². The lowest BCUT2D eigenvalue weighted by molar-refractivity contribution is 0.184. The van der Waals surface area contributed by atoms with Gasteiger partial charge in [0.15, 0.2) is 0 Å². The van der Waals surface area contributed by atoms with E-state index in [1.165, 1.54) is 64.2 Å². The average molecular weight is 371 g/mol. The van der Waals surface area contributed by atoms with Crippen molar-refractivity contribution in [3.05, 3.63) is 0 Å². The Morgan fingerprint density at radius 3 is 1.54 bits per heavy atom. The van der Waals surface area contributed by atoms with Crippen LogP contribution in [0.1, 0.15) is 140 Å². The van der Waals surface area contributed by atoms with Gasteiger partial charge in [-0.15, -0.1) is 0 Å². The van der Waals surface area contributed by atoms with E-state index in [1.807, 2.05) is 27.7 Å². The van der Waals surface area contributed by atoms with Crippen molar-refractivity contribution in [2.45, 2.75) is 140 Å². The van der Waals surface area contributed by atoms with Crippen molar-refractivity contribution in [2.24, 2.45) is 29.6 Å². The molecule has 0 bridgehead atoms. The fraction of sp³-hybridized carbons (Fsp3) is 1.00. The third-order valence-electron chi connectivity index (χ3n) is 6.12. The zero-order valence-corrected chi connectivity index (χ0v) is 21.0. The maximum Gasteiger partial charge on any atom is -0.0360 e. The molecule has 0 aliphatic rings. The predicted molar refractivity (Wildman–Crippen MR) is 126 cm³/mol. The molecule has 0 radical (unpaired) electrons.